The Morgan fingerprint density at radius 1 is 1.03 bits per heavy atom. The van der Waals surface area contributed by atoms with Crippen molar-refractivity contribution in [3.05, 3.63) is 99.3 Å². The van der Waals surface area contributed by atoms with Crippen molar-refractivity contribution in [3.8, 4) is 5.75 Å². The fraction of sp³-hybridized carbons (Fsp3) is 0.0833. The number of hydrazone groups is 1. The van der Waals surface area contributed by atoms with Crippen LogP contribution in [0, 0.1) is 5.82 Å². The Morgan fingerprint density at radius 3 is 2.42 bits per heavy atom. The maximum atomic E-state index is 13.3. The van der Waals surface area contributed by atoms with E-state index in [1.165, 1.54) is 17.1 Å². The lowest BCUT2D eigenvalue weighted by molar-refractivity contribution is -0.114. The zero-order valence-corrected chi connectivity index (χ0v) is 18.0. The van der Waals surface area contributed by atoms with Crippen LogP contribution in [0.15, 0.2) is 77.4 Å². The molecule has 0 aliphatic carbocycles. The van der Waals surface area contributed by atoms with Gasteiger partial charge in [0.1, 0.15) is 12.4 Å². The van der Waals surface area contributed by atoms with Crippen LogP contribution in [0.25, 0.3) is 6.08 Å². The number of hydrogen-bond donors (Lipinski definition) is 0. The minimum absolute atomic E-state index is 0.119. The molecule has 0 bridgehead atoms. The van der Waals surface area contributed by atoms with E-state index in [1.807, 2.05) is 30.3 Å². The SMILES string of the molecule is CC1=NN(c2ccccc2)C(=O)/C1=C/c1cc(Cl)c(OCc2cccc(F)c2)c(Cl)c1. The highest BCUT2D eigenvalue weighted by molar-refractivity contribution is 6.37. The van der Waals surface area contributed by atoms with Gasteiger partial charge in [-0.2, -0.15) is 10.1 Å². The summed E-state index contributed by atoms with van der Waals surface area (Å²) in [7, 11) is 0. The van der Waals surface area contributed by atoms with Crippen molar-refractivity contribution in [1.82, 2.24) is 0 Å². The summed E-state index contributed by atoms with van der Waals surface area (Å²) in [4.78, 5) is 12.9. The first-order chi connectivity index (χ1) is 14.9. The lowest BCUT2D eigenvalue weighted by Gasteiger charge is -2.12. The average molecular weight is 455 g/mol. The van der Waals surface area contributed by atoms with E-state index in [0.29, 0.717) is 33.8 Å². The second kappa shape index (κ2) is 8.92. The minimum Gasteiger partial charge on any atom is -0.486 e. The first-order valence-corrected chi connectivity index (χ1v) is 10.2. The van der Waals surface area contributed by atoms with E-state index >= 15 is 0 Å². The third-order valence-electron chi connectivity index (χ3n) is 4.67. The van der Waals surface area contributed by atoms with Crippen molar-refractivity contribution in [3.63, 3.8) is 0 Å². The molecule has 3 aromatic carbocycles. The highest BCUT2D eigenvalue weighted by atomic mass is 35.5. The van der Waals surface area contributed by atoms with E-state index in [2.05, 4.69) is 5.10 Å². The van der Waals surface area contributed by atoms with Gasteiger partial charge in [-0.05, 0) is 60.5 Å². The number of nitrogens with zero attached hydrogens (tertiary/aromatic N) is 2. The van der Waals surface area contributed by atoms with E-state index in [-0.39, 0.29) is 28.4 Å². The number of para-hydroxylation sites is 1. The summed E-state index contributed by atoms with van der Waals surface area (Å²) >= 11 is 12.8. The summed E-state index contributed by atoms with van der Waals surface area (Å²) in [5, 5.41) is 6.30. The van der Waals surface area contributed by atoms with Crippen molar-refractivity contribution >= 4 is 46.6 Å². The lowest BCUT2D eigenvalue weighted by Crippen LogP contribution is -2.21. The van der Waals surface area contributed by atoms with Gasteiger partial charge in [-0.1, -0.05) is 53.5 Å². The Kier molecular flexibility index (Phi) is 6.07. The molecule has 0 fully saturated rings. The summed E-state index contributed by atoms with van der Waals surface area (Å²) in [6.45, 7) is 1.89. The fourth-order valence-corrected chi connectivity index (χ4v) is 3.79. The number of benzene rings is 3. The number of ether oxygens (including phenoxy) is 1. The van der Waals surface area contributed by atoms with Gasteiger partial charge in [0, 0.05) is 0 Å². The first kappa shape index (κ1) is 21.1. The van der Waals surface area contributed by atoms with Gasteiger partial charge in [-0.25, -0.2) is 4.39 Å². The third-order valence-corrected chi connectivity index (χ3v) is 5.23. The molecule has 4 rings (SSSR count). The monoisotopic (exact) mass is 454 g/mol. The average Bonchev–Trinajstić information content (AvgIpc) is 3.02. The molecule has 1 aliphatic rings. The molecule has 0 unspecified atom stereocenters. The van der Waals surface area contributed by atoms with Crippen LogP contribution >= 0.6 is 23.2 Å². The number of rotatable bonds is 5. The zero-order valence-electron chi connectivity index (χ0n) is 16.5. The van der Waals surface area contributed by atoms with E-state index in [9.17, 15) is 9.18 Å². The highest BCUT2D eigenvalue weighted by Gasteiger charge is 2.28. The Labute approximate surface area is 189 Å². The van der Waals surface area contributed by atoms with Crippen LogP contribution in [0.3, 0.4) is 0 Å². The van der Waals surface area contributed by atoms with Crippen molar-refractivity contribution < 1.29 is 13.9 Å². The Hall–Kier alpha value is -3.15. The number of halogens is 3. The maximum absolute atomic E-state index is 13.3. The van der Waals surface area contributed by atoms with E-state index in [4.69, 9.17) is 27.9 Å². The quantitative estimate of drug-likeness (QED) is 0.411. The molecular formula is C24H17Cl2FN2O2. The number of hydrogen-bond acceptors (Lipinski definition) is 3. The number of carbonyl (C=O) groups is 1. The standard InChI is InChI=1S/C24H17Cl2FN2O2/c1-15-20(24(30)29(28-15)19-8-3-2-4-9-19)11-17-12-21(25)23(22(26)13-17)31-14-16-6-5-7-18(27)10-16/h2-13H,14H2,1H3/b20-11+. The van der Waals surface area contributed by atoms with Crippen LogP contribution in [-0.2, 0) is 11.4 Å². The van der Waals surface area contributed by atoms with Crippen molar-refractivity contribution in [2.24, 2.45) is 5.10 Å². The van der Waals surface area contributed by atoms with Crippen molar-refractivity contribution in [2.75, 3.05) is 5.01 Å². The molecule has 0 aromatic heterocycles. The van der Waals surface area contributed by atoms with E-state index in [1.54, 1.807) is 37.3 Å². The number of carbonyl (C=O) groups excluding carboxylic acids is 1. The van der Waals surface area contributed by atoms with Gasteiger partial charge in [0.15, 0.2) is 5.75 Å². The van der Waals surface area contributed by atoms with Crippen LogP contribution in [0.2, 0.25) is 10.0 Å². The molecule has 0 saturated heterocycles. The molecule has 0 atom stereocenters. The lowest BCUT2D eigenvalue weighted by atomic mass is 10.1. The maximum Gasteiger partial charge on any atom is 0.280 e. The van der Waals surface area contributed by atoms with Crippen molar-refractivity contribution in [2.45, 2.75) is 13.5 Å². The zero-order chi connectivity index (χ0) is 22.0. The molecule has 4 nitrogen and oxygen atoms in total. The molecule has 156 valence electrons. The van der Waals surface area contributed by atoms with Crippen LogP contribution in [0.5, 0.6) is 5.75 Å². The van der Waals surface area contributed by atoms with Crippen LogP contribution in [0.1, 0.15) is 18.1 Å². The molecule has 3 aromatic rings. The topological polar surface area (TPSA) is 41.9 Å². The molecular weight excluding hydrogens is 438 g/mol. The molecule has 1 amide bonds. The molecule has 0 radical (unpaired) electrons. The summed E-state index contributed by atoms with van der Waals surface area (Å²) in [6.07, 6.45) is 1.69. The van der Waals surface area contributed by atoms with Gasteiger partial charge in [0.25, 0.3) is 5.91 Å². The van der Waals surface area contributed by atoms with E-state index in [0.717, 1.165) is 0 Å². The molecule has 0 saturated carbocycles. The Morgan fingerprint density at radius 2 is 1.74 bits per heavy atom. The van der Waals surface area contributed by atoms with Gasteiger partial charge in [-0.15, -0.1) is 0 Å². The summed E-state index contributed by atoms with van der Waals surface area (Å²) in [5.41, 5.74) is 3.02. The van der Waals surface area contributed by atoms with Gasteiger partial charge in [-0.3, -0.25) is 4.79 Å². The Bertz CT molecular complexity index is 1190. The highest BCUT2D eigenvalue weighted by Crippen LogP contribution is 2.36. The molecule has 1 heterocycles. The van der Waals surface area contributed by atoms with Crippen LogP contribution in [0.4, 0.5) is 10.1 Å². The predicted molar refractivity (Wildman–Crippen MR) is 122 cm³/mol. The molecule has 0 spiro atoms. The van der Waals surface area contributed by atoms with Gasteiger partial charge >= 0.3 is 0 Å². The largest absolute Gasteiger partial charge is 0.486 e. The van der Waals surface area contributed by atoms with Crippen LogP contribution < -0.4 is 9.75 Å². The van der Waals surface area contributed by atoms with E-state index < -0.39 is 0 Å². The second-order valence-electron chi connectivity index (χ2n) is 6.93. The molecule has 1 aliphatic heterocycles. The normalized spacial score (nSPS) is 14.8. The van der Waals surface area contributed by atoms with Gasteiger partial charge < -0.3 is 4.74 Å². The summed E-state index contributed by atoms with van der Waals surface area (Å²) in [6, 6.07) is 18.6. The van der Waals surface area contributed by atoms with Crippen molar-refractivity contribution in [1.29, 1.82) is 0 Å². The van der Waals surface area contributed by atoms with Gasteiger partial charge in [0.2, 0.25) is 0 Å². The number of anilines is 1. The fourth-order valence-electron chi connectivity index (χ4n) is 3.18. The number of amides is 1. The second-order valence-corrected chi connectivity index (χ2v) is 7.74. The Balaban J connectivity index is 1.56. The third kappa shape index (κ3) is 4.63. The predicted octanol–water partition coefficient (Wildman–Crippen LogP) is 6.52. The summed E-state index contributed by atoms with van der Waals surface area (Å²) < 4.78 is 19.0. The minimum atomic E-state index is -0.344. The van der Waals surface area contributed by atoms with Gasteiger partial charge in [0.05, 0.1) is 27.0 Å². The summed E-state index contributed by atoms with van der Waals surface area (Å²) in [5.74, 6) is -0.283. The molecule has 0 N–H and O–H groups in total. The first-order valence-electron chi connectivity index (χ1n) is 9.45. The van der Waals surface area contributed by atoms with Crippen LogP contribution in [-0.4, -0.2) is 11.6 Å². The smallest absolute Gasteiger partial charge is 0.280 e. The molecule has 7 heteroatoms. The molecule has 31 heavy (non-hydrogen) atoms.